The van der Waals surface area contributed by atoms with Crippen molar-refractivity contribution < 1.29 is 0 Å². The highest BCUT2D eigenvalue weighted by atomic mass is 14.8. The van der Waals surface area contributed by atoms with Crippen molar-refractivity contribution in [3.8, 4) is 0 Å². The summed E-state index contributed by atoms with van der Waals surface area (Å²) in [4.78, 5) is 7.70. The molecular weight excluding hydrogens is 234 g/mol. The fraction of sp³-hybridized carbons (Fsp3) is 0.312. The molecule has 3 aromatic rings. The highest BCUT2D eigenvalue weighted by molar-refractivity contribution is 6.07. The molecule has 1 saturated carbocycles. The Balaban J connectivity index is 1.93. The predicted octanol–water partition coefficient (Wildman–Crippen LogP) is 2.97. The number of nitrogens with one attached hydrogen (secondary N) is 2. The SMILES string of the molecule is CNCC1(c2ccc3[nH]c4ccncc4c3c2)CC1. The molecule has 0 bridgehead atoms. The zero-order valence-electron chi connectivity index (χ0n) is 11.0. The van der Waals surface area contributed by atoms with E-state index in [9.17, 15) is 0 Å². The van der Waals surface area contributed by atoms with Gasteiger partial charge >= 0.3 is 0 Å². The van der Waals surface area contributed by atoms with Crippen molar-refractivity contribution in [3.05, 3.63) is 42.2 Å². The zero-order valence-corrected chi connectivity index (χ0v) is 11.0. The zero-order chi connectivity index (χ0) is 12.9. The first-order valence-corrected chi connectivity index (χ1v) is 6.83. The maximum absolute atomic E-state index is 4.25. The van der Waals surface area contributed by atoms with Crippen LogP contribution in [0.4, 0.5) is 0 Å². The number of aromatic amines is 1. The first-order valence-electron chi connectivity index (χ1n) is 6.83. The Bertz CT molecular complexity index is 753. The number of pyridine rings is 1. The average molecular weight is 251 g/mol. The Morgan fingerprint density at radius 1 is 1.21 bits per heavy atom. The van der Waals surface area contributed by atoms with Gasteiger partial charge in [-0.25, -0.2) is 0 Å². The van der Waals surface area contributed by atoms with E-state index in [1.165, 1.54) is 40.2 Å². The fourth-order valence-electron chi connectivity index (χ4n) is 3.13. The summed E-state index contributed by atoms with van der Waals surface area (Å²) >= 11 is 0. The lowest BCUT2D eigenvalue weighted by Crippen LogP contribution is -2.23. The molecule has 0 atom stereocenters. The summed E-state index contributed by atoms with van der Waals surface area (Å²) in [5.41, 5.74) is 4.20. The number of nitrogens with zero attached hydrogens (tertiary/aromatic N) is 1. The van der Waals surface area contributed by atoms with Crippen LogP contribution in [0.1, 0.15) is 18.4 Å². The van der Waals surface area contributed by atoms with Crippen LogP contribution >= 0.6 is 0 Å². The van der Waals surface area contributed by atoms with Gasteiger partial charge in [0.1, 0.15) is 0 Å². The number of benzene rings is 1. The van der Waals surface area contributed by atoms with E-state index in [0.29, 0.717) is 5.41 Å². The molecule has 1 fully saturated rings. The molecule has 2 heterocycles. The molecular formula is C16H17N3. The van der Waals surface area contributed by atoms with E-state index in [0.717, 1.165) is 6.54 Å². The van der Waals surface area contributed by atoms with Gasteiger partial charge in [0.15, 0.2) is 0 Å². The first-order chi connectivity index (χ1) is 9.32. The number of hydrogen-bond donors (Lipinski definition) is 2. The Morgan fingerprint density at radius 3 is 2.84 bits per heavy atom. The molecule has 4 rings (SSSR count). The predicted molar refractivity (Wildman–Crippen MR) is 78.4 cm³/mol. The number of rotatable bonds is 3. The Labute approximate surface area is 112 Å². The van der Waals surface area contributed by atoms with Crippen molar-refractivity contribution in [2.45, 2.75) is 18.3 Å². The van der Waals surface area contributed by atoms with Crippen LogP contribution in [-0.2, 0) is 5.41 Å². The molecule has 2 N–H and O–H groups in total. The highest BCUT2D eigenvalue weighted by Crippen LogP contribution is 2.48. The molecule has 19 heavy (non-hydrogen) atoms. The van der Waals surface area contributed by atoms with Crippen LogP contribution in [0.2, 0.25) is 0 Å². The quantitative estimate of drug-likeness (QED) is 0.751. The van der Waals surface area contributed by atoms with Gasteiger partial charge in [-0.3, -0.25) is 4.98 Å². The molecule has 3 nitrogen and oxygen atoms in total. The maximum Gasteiger partial charge on any atom is 0.0495 e. The molecule has 3 heteroatoms. The number of H-pyrrole nitrogens is 1. The molecule has 2 aromatic heterocycles. The molecule has 0 aliphatic heterocycles. The fourth-order valence-corrected chi connectivity index (χ4v) is 3.13. The topological polar surface area (TPSA) is 40.7 Å². The molecule has 96 valence electrons. The minimum absolute atomic E-state index is 0.370. The van der Waals surface area contributed by atoms with E-state index in [-0.39, 0.29) is 0 Å². The van der Waals surface area contributed by atoms with Gasteiger partial charge in [0, 0.05) is 46.2 Å². The molecule has 0 amide bonds. The van der Waals surface area contributed by atoms with Gasteiger partial charge in [-0.05, 0) is 43.7 Å². The molecule has 0 spiro atoms. The van der Waals surface area contributed by atoms with Crippen molar-refractivity contribution >= 4 is 21.8 Å². The lowest BCUT2D eigenvalue weighted by Gasteiger charge is -2.15. The summed E-state index contributed by atoms with van der Waals surface area (Å²) in [6.07, 6.45) is 6.37. The van der Waals surface area contributed by atoms with Gasteiger partial charge in [-0.15, -0.1) is 0 Å². The van der Waals surface area contributed by atoms with Crippen molar-refractivity contribution in [3.63, 3.8) is 0 Å². The second-order valence-corrected chi connectivity index (χ2v) is 5.62. The molecule has 1 aliphatic carbocycles. The third-order valence-electron chi connectivity index (χ3n) is 4.38. The molecule has 0 unspecified atom stereocenters. The van der Waals surface area contributed by atoms with Crippen molar-refractivity contribution in [2.75, 3.05) is 13.6 Å². The van der Waals surface area contributed by atoms with Crippen molar-refractivity contribution in [2.24, 2.45) is 0 Å². The summed E-state index contributed by atoms with van der Waals surface area (Å²) in [7, 11) is 2.04. The van der Waals surface area contributed by atoms with E-state index < -0.39 is 0 Å². The van der Waals surface area contributed by atoms with Crippen LogP contribution in [0.3, 0.4) is 0 Å². The second-order valence-electron chi connectivity index (χ2n) is 5.62. The second kappa shape index (κ2) is 3.81. The monoisotopic (exact) mass is 251 g/mol. The number of fused-ring (bicyclic) bond motifs is 3. The van der Waals surface area contributed by atoms with E-state index in [1.807, 2.05) is 25.5 Å². The van der Waals surface area contributed by atoms with Crippen LogP contribution in [0.25, 0.3) is 21.8 Å². The lowest BCUT2D eigenvalue weighted by molar-refractivity contribution is 0.625. The van der Waals surface area contributed by atoms with Crippen LogP contribution < -0.4 is 5.32 Å². The van der Waals surface area contributed by atoms with Crippen LogP contribution in [-0.4, -0.2) is 23.6 Å². The molecule has 1 aliphatic rings. The normalized spacial score (nSPS) is 17.1. The standard InChI is InChI=1S/C16H17N3/c1-17-10-16(5-6-16)11-2-3-14-12(8-11)13-9-18-7-4-15(13)19-14/h2-4,7-9,17,19H,5-6,10H2,1H3. The smallest absolute Gasteiger partial charge is 0.0495 e. The van der Waals surface area contributed by atoms with E-state index in [1.54, 1.807) is 0 Å². The third kappa shape index (κ3) is 1.58. The van der Waals surface area contributed by atoms with Gasteiger partial charge in [-0.1, -0.05) is 6.07 Å². The number of hydrogen-bond acceptors (Lipinski definition) is 2. The summed E-state index contributed by atoms with van der Waals surface area (Å²) in [5, 5.41) is 5.84. The third-order valence-corrected chi connectivity index (χ3v) is 4.38. The molecule has 1 aromatic carbocycles. The minimum atomic E-state index is 0.370. The Morgan fingerprint density at radius 2 is 2.05 bits per heavy atom. The van der Waals surface area contributed by atoms with Gasteiger partial charge in [0.2, 0.25) is 0 Å². The van der Waals surface area contributed by atoms with E-state index in [4.69, 9.17) is 0 Å². The molecule has 0 saturated heterocycles. The van der Waals surface area contributed by atoms with Gasteiger partial charge < -0.3 is 10.3 Å². The average Bonchev–Trinajstić information content (AvgIpc) is 3.13. The summed E-state index contributed by atoms with van der Waals surface area (Å²) in [6, 6.07) is 8.87. The van der Waals surface area contributed by atoms with Gasteiger partial charge in [0.25, 0.3) is 0 Å². The van der Waals surface area contributed by atoms with Crippen LogP contribution in [0, 0.1) is 0 Å². The first kappa shape index (κ1) is 11.0. The van der Waals surface area contributed by atoms with Gasteiger partial charge in [-0.2, -0.15) is 0 Å². The summed E-state index contributed by atoms with van der Waals surface area (Å²) < 4.78 is 0. The van der Waals surface area contributed by atoms with Crippen LogP contribution in [0.15, 0.2) is 36.7 Å². The largest absolute Gasteiger partial charge is 0.354 e. The number of likely N-dealkylation sites (N-methyl/N-ethyl adjacent to an activating group) is 1. The number of aromatic nitrogens is 2. The Hall–Kier alpha value is -1.87. The van der Waals surface area contributed by atoms with Crippen molar-refractivity contribution in [1.29, 1.82) is 0 Å². The molecule has 0 radical (unpaired) electrons. The highest BCUT2D eigenvalue weighted by Gasteiger charge is 2.43. The summed E-state index contributed by atoms with van der Waals surface area (Å²) in [5.74, 6) is 0. The van der Waals surface area contributed by atoms with Gasteiger partial charge in [0.05, 0.1) is 0 Å². The van der Waals surface area contributed by atoms with E-state index >= 15 is 0 Å². The minimum Gasteiger partial charge on any atom is -0.354 e. The van der Waals surface area contributed by atoms with Crippen LogP contribution in [0.5, 0.6) is 0 Å². The van der Waals surface area contributed by atoms with E-state index in [2.05, 4.69) is 33.5 Å². The lowest BCUT2D eigenvalue weighted by atomic mass is 9.94. The Kier molecular flexibility index (Phi) is 2.21. The maximum atomic E-state index is 4.25. The summed E-state index contributed by atoms with van der Waals surface area (Å²) in [6.45, 7) is 1.07. The van der Waals surface area contributed by atoms with Crippen molar-refractivity contribution in [1.82, 2.24) is 15.3 Å².